The van der Waals surface area contributed by atoms with Gasteiger partial charge in [0.25, 0.3) is 0 Å². The van der Waals surface area contributed by atoms with Gasteiger partial charge in [0.2, 0.25) is 5.95 Å². The van der Waals surface area contributed by atoms with E-state index in [1.54, 1.807) is 42.0 Å². The second-order valence-electron chi connectivity index (χ2n) is 7.38. The lowest BCUT2D eigenvalue weighted by Crippen LogP contribution is -2.10. The monoisotopic (exact) mass is 492 g/mol. The number of anilines is 1. The van der Waals surface area contributed by atoms with Crippen molar-refractivity contribution in [2.45, 2.75) is 31.7 Å². The molecular weight excluding hydrogens is 467 g/mol. The maximum absolute atomic E-state index is 14.5. The molecule has 8 nitrogen and oxygen atoms in total. The Bertz CT molecular complexity index is 1430. The Morgan fingerprint density at radius 2 is 2.00 bits per heavy atom. The van der Waals surface area contributed by atoms with E-state index in [-0.39, 0.29) is 18.1 Å². The maximum atomic E-state index is 14.5. The number of aromatic nitrogens is 3. The van der Waals surface area contributed by atoms with E-state index in [1.807, 2.05) is 26.0 Å². The van der Waals surface area contributed by atoms with Crippen LogP contribution in [0.1, 0.15) is 30.7 Å². The third-order valence-corrected chi connectivity index (χ3v) is 6.61. The second-order valence-corrected chi connectivity index (χ2v) is 8.80. The summed E-state index contributed by atoms with van der Waals surface area (Å²) in [6.07, 6.45) is 3.90. The molecule has 180 valence electrons. The van der Waals surface area contributed by atoms with Gasteiger partial charge in [-0.1, -0.05) is 26.0 Å². The number of nitrogens with zero attached hydrogens (tertiary/aromatic N) is 4. The Kier molecular flexibility index (Phi) is 7.39. The van der Waals surface area contributed by atoms with Gasteiger partial charge in [-0.2, -0.15) is 5.26 Å². The summed E-state index contributed by atoms with van der Waals surface area (Å²) in [5.74, 6) is 0.840. The number of ether oxygens (including phenoxy) is 1. The standard InChI is InChI=1S/C23H19FN6O2S.C2H6/c1-26-33(31)16-4-2-14(3-5-16)18-11-27-23(30-13-15(10-25)29-22(18)30)28-12-19-17-8-9-32-21(17)7-6-20(19)24;1-2/h2-7,11,13,26H,8-9,12H2,1H3,(H,27,28);1-2H3. The minimum atomic E-state index is -1.29. The molecule has 4 aromatic rings. The van der Waals surface area contributed by atoms with Crippen molar-refractivity contribution in [1.29, 1.82) is 5.26 Å². The van der Waals surface area contributed by atoms with Gasteiger partial charge in [0.1, 0.15) is 28.6 Å². The van der Waals surface area contributed by atoms with Crippen LogP contribution in [0, 0.1) is 17.1 Å². The Morgan fingerprint density at radius 1 is 1.23 bits per heavy atom. The van der Waals surface area contributed by atoms with Gasteiger partial charge >= 0.3 is 0 Å². The van der Waals surface area contributed by atoms with E-state index in [0.29, 0.717) is 46.4 Å². The van der Waals surface area contributed by atoms with Crippen molar-refractivity contribution in [2.75, 3.05) is 19.0 Å². The average Bonchev–Trinajstić information content (AvgIpc) is 3.56. The van der Waals surface area contributed by atoms with Crippen molar-refractivity contribution in [3.8, 4) is 22.9 Å². The van der Waals surface area contributed by atoms with Crippen LogP contribution in [0.15, 0.2) is 53.7 Å². The summed E-state index contributed by atoms with van der Waals surface area (Å²) in [6.45, 7) is 4.75. The van der Waals surface area contributed by atoms with Crippen LogP contribution in [0.4, 0.5) is 10.3 Å². The number of hydrogen-bond acceptors (Lipinski definition) is 6. The van der Waals surface area contributed by atoms with Crippen LogP contribution in [-0.4, -0.2) is 32.2 Å². The molecule has 3 heterocycles. The SMILES string of the molecule is CC.CNS(=O)c1ccc(-c2cnc(NCc3c(F)ccc4c3CCO4)n3cc(C#N)nc23)cc1. The van der Waals surface area contributed by atoms with Gasteiger partial charge in [-0.3, -0.25) is 4.40 Å². The van der Waals surface area contributed by atoms with Gasteiger partial charge < -0.3 is 10.1 Å². The first-order chi connectivity index (χ1) is 17.1. The number of halogens is 1. The third-order valence-electron chi connectivity index (χ3n) is 5.53. The Labute approximate surface area is 205 Å². The number of imidazole rings is 1. The van der Waals surface area contributed by atoms with Crippen molar-refractivity contribution < 1.29 is 13.3 Å². The van der Waals surface area contributed by atoms with E-state index in [9.17, 15) is 13.9 Å². The quantitative estimate of drug-likeness (QED) is 0.418. The van der Waals surface area contributed by atoms with E-state index >= 15 is 0 Å². The molecule has 0 radical (unpaired) electrons. The summed E-state index contributed by atoms with van der Waals surface area (Å²) in [6, 6.07) is 12.3. The Hall–Kier alpha value is -3.81. The highest BCUT2D eigenvalue weighted by atomic mass is 32.2. The highest BCUT2D eigenvalue weighted by Crippen LogP contribution is 2.31. The molecule has 0 saturated heterocycles. The summed E-state index contributed by atoms with van der Waals surface area (Å²) in [4.78, 5) is 9.59. The van der Waals surface area contributed by atoms with Crippen LogP contribution in [0.5, 0.6) is 5.75 Å². The molecule has 35 heavy (non-hydrogen) atoms. The lowest BCUT2D eigenvalue weighted by Gasteiger charge is -2.13. The van der Waals surface area contributed by atoms with Crippen molar-refractivity contribution in [3.63, 3.8) is 0 Å². The molecule has 0 saturated carbocycles. The molecule has 2 aromatic carbocycles. The smallest absolute Gasteiger partial charge is 0.208 e. The first-order valence-corrected chi connectivity index (χ1v) is 12.4. The summed E-state index contributed by atoms with van der Waals surface area (Å²) >= 11 is 0. The van der Waals surface area contributed by atoms with E-state index in [2.05, 4.69) is 26.1 Å². The molecule has 1 atom stereocenters. The van der Waals surface area contributed by atoms with Crippen LogP contribution in [-0.2, 0) is 24.0 Å². The van der Waals surface area contributed by atoms with E-state index < -0.39 is 11.0 Å². The highest BCUT2D eigenvalue weighted by molar-refractivity contribution is 7.83. The molecule has 1 aliphatic rings. The summed E-state index contributed by atoms with van der Waals surface area (Å²) in [7, 11) is 0.339. The van der Waals surface area contributed by atoms with Gasteiger partial charge in [0.15, 0.2) is 11.3 Å². The molecule has 2 N–H and O–H groups in total. The Morgan fingerprint density at radius 3 is 2.71 bits per heavy atom. The second kappa shape index (κ2) is 10.6. The Balaban J connectivity index is 0.00000141. The fourth-order valence-electron chi connectivity index (χ4n) is 3.92. The predicted molar refractivity (Wildman–Crippen MR) is 133 cm³/mol. The maximum Gasteiger partial charge on any atom is 0.208 e. The number of hydrogen-bond donors (Lipinski definition) is 2. The topological polar surface area (TPSA) is 104 Å². The van der Waals surface area contributed by atoms with Gasteiger partial charge in [0.05, 0.1) is 17.7 Å². The van der Waals surface area contributed by atoms with E-state index in [1.165, 1.54) is 6.07 Å². The molecule has 1 aliphatic heterocycles. The number of rotatable bonds is 6. The van der Waals surface area contributed by atoms with Crippen molar-refractivity contribution >= 4 is 22.6 Å². The lowest BCUT2D eigenvalue weighted by atomic mass is 10.0. The molecular formula is C25H25FN6O2S. The van der Waals surface area contributed by atoms with E-state index in [4.69, 9.17) is 4.74 Å². The fraction of sp³-hybridized carbons (Fsp3) is 0.240. The van der Waals surface area contributed by atoms with Crippen molar-refractivity contribution in [1.82, 2.24) is 19.1 Å². The van der Waals surface area contributed by atoms with E-state index in [0.717, 1.165) is 11.1 Å². The molecule has 0 aliphatic carbocycles. The molecule has 1 unspecified atom stereocenters. The normalized spacial score (nSPS) is 12.8. The molecule has 10 heteroatoms. The van der Waals surface area contributed by atoms with Gasteiger partial charge in [-0.25, -0.2) is 23.3 Å². The van der Waals surface area contributed by atoms with Crippen LogP contribution >= 0.6 is 0 Å². The molecule has 0 spiro atoms. The van der Waals surface area contributed by atoms with Crippen LogP contribution in [0.2, 0.25) is 0 Å². The molecule has 2 aromatic heterocycles. The van der Waals surface area contributed by atoms with Crippen molar-refractivity contribution in [3.05, 3.63) is 71.4 Å². The molecule has 0 amide bonds. The number of nitriles is 1. The summed E-state index contributed by atoms with van der Waals surface area (Å²) in [5.41, 5.74) is 3.70. The van der Waals surface area contributed by atoms with Crippen LogP contribution in [0.3, 0.4) is 0 Å². The highest BCUT2D eigenvalue weighted by Gasteiger charge is 2.20. The average molecular weight is 493 g/mol. The van der Waals surface area contributed by atoms with Crippen molar-refractivity contribution in [2.24, 2.45) is 0 Å². The zero-order valence-electron chi connectivity index (χ0n) is 19.6. The van der Waals surface area contributed by atoms with Crippen LogP contribution < -0.4 is 14.8 Å². The summed E-state index contributed by atoms with van der Waals surface area (Å²) in [5, 5.41) is 12.6. The lowest BCUT2D eigenvalue weighted by molar-refractivity contribution is 0.356. The first-order valence-electron chi connectivity index (χ1n) is 11.2. The van der Waals surface area contributed by atoms with Gasteiger partial charge in [0, 0.05) is 35.9 Å². The predicted octanol–water partition coefficient (Wildman–Crippen LogP) is 4.22. The third kappa shape index (κ3) is 4.73. The minimum absolute atomic E-state index is 0.213. The number of benzene rings is 2. The number of fused-ring (bicyclic) bond motifs is 2. The largest absolute Gasteiger partial charge is 0.493 e. The zero-order chi connectivity index (χ0) is 24.9. The minimum Gasteiger partial charge on any atom is -0.493 e. The van der Waals surface area contributed by atoms with Gasteiger partial charge in [-0.05, 0) is 36.9 Å². The zero-order valence-corrected chi connectivity index (χ0v) is 20.4. The number of nitrogens with one attached hydrogen (secondary N) is 2. The fourth-order valence-corrected chi connectivity index (χ4v) is 4.53. The first kappa shape index (κ1) is 24.3. The van der Waals surface area contributed by atoms with Gasteiger partial charge in [-0.15, -0.1) is 0 Å². The summed E-state index contributed by atoms with van der Waals surface area (Å²) < 4.78 is 36.4. The molecule has 0 bridgehead atoms. The molecule has 0 fully saturated rings. The molecule has 5 rings (SSSR count). The van der Waals surface area contributed by atoms with Crippen LogP contribution in [0.25, 0.3) is 16.8 Å².